The molecule has 120 valence electrons. The number of nitrogens with zero attached hydrogens (tertiary/aromatic N) is 2. The Morgan fingerprint density at radius 2 is 2.13 bits per heavy atom. The van der Waals surface area contributed by atoms with Gasteiger partial charge in [-0.05, 0) is 36.1 Å². The first-order chi connectivity index (χ1) is 10.9. The minimum Gasteiger partial charge on any atom is -0.273 e. The lowest BCUT2D eigenvalue weighted by Gasteiger charge is -2.19. The van der Waals surface area contributed by atoms with Crippen molar-refractivity contribution in [2.24, 2.45) is 5.10 Å². The third kappa shape index (κ3) is 3.01. The van der Waals surface area contributed by atoms with Gasteiger partial charge < -0.3 is 0 Å². The van der Waals surface area contributed by atoms with Crippen LogP contribution in [0.15, 0.2) is 28.7 Å². The van der Waals surface area contributed by atoms with Crippen molar-refractivity contribution >= 4 is 46.2 Å². The minimum absolute atomic E-state index is 0.0357. The monoisotopic (exact) mass is 370 g/mol. The van der Waals surface area contributed by atoms with Gasteiger partial charge in [-0.25, -0.2) is 9.40 Å². The molecule has 0 spiro atoms. The van der Waals surface area contributed by atoms with Gasteiger partial charge in [0, 0.05) is 23.8 Å². The SMILES string of the molecule is CC(=O)N1N=C(c2cc(F)c(Cl)cc2Cl)C[C@H]1c1sccc1C. The van der Waals surface area contributed by atoms with Crippen molar-refractivity contribution in [3.8, 4) is 0 Å². The van der Waals surface area contributed by atoms with Crippen molar-refractivity contribution < 1.29 is 9.18 Å². The van der Waals surface area contributed by atoms with E-state index in [2.05, 4.69) is 5.10 Å². The number of halogens is 3. The van der Waals surface area contributed by atoms with Gasteiger partial charge in [0.15, 0.2) is 0 Å². The molecule has 1 atom stereocenters. The lowest BCUT2D eigenvalue weighted by molar-refractivity contribution is -0.130. The summed E-state index contributed by atoms with van der Waals surface area (Å²) in [6, 6.07) is 4.45. The highest BCUT2D eigenvalue weighted by atomic mass is 35.5. The maximum Gasteiger partial charge on any atom is 0.240 e. The molecule has 0 radical (unpaired) electrons. The van der Waals surface area contributed by atoms with Crippen LogP contribution in [0.5, 0.6) is 0 Å². The van der Waals surface area contributed by atoms with E-state index in [0.29, 0.717) is 22.7 Å². The van der Waals surface area contributed by atoms with Crippen LogP contribution in [0.3, 0.4) is 0 Å². The van der Waals surface area contributed by atoms with Crippen LogP contribution in [0.25, 0.3) is 0 Å². The Bertz CT molecular complexity index is 818. The Hall–Kier alpha value is -1.43. The van der Waals surface area contributed by atoms with E-state index < -0.39 is 5.82 Å². The number of amides is 1. The number of thiophene rings is 1. The Balaban J connectivity index is 2.02. The van der Waals surface area contributed by atoms with Gasteiger partial charge in [-0.2, -0.15) is 5.10 Å². The molecule has 0 fully saturated rings. The van der Waals surface area contributed by atoms with Crippen LogP contribution in [-0.2, 0) is 4.79 Å². The van der Waals surface area contributed by atoms with Gasteiger partial charge in [-0.1, -0.05) is 23.2 Å². The Labute approximate surface area is 147 Å². The lowest BCUT2D eigenvalue weighted by atomic mass is 10.0. The zero-order chi connectivity index (χ0) is 16.7. The zero-order valence-electron chi connectivity index (χ0n) is 12.4. The molecule has 1 aromatic heterocycles. The summed E-state index contributed by atoms with van der Waals surface area (Å²) in [7, 11) is 0. The molecule has 1 aliphatic heterocycles. The minimum atomic E-state index is -0.557. The number of aryl methyl sites for hydroxylation is 1. The molecule has 3 nitrogen and oxygen atoms in total. The van der Waals surface area contributed by atoms with Gasteiger partial charge in [0.05, 0.1) is 21.8 Å². The predicted molar refractivity (Wildman–Crippen MR) is 91.9 cm³/mol. The van der Waals surface area contributed by atoms with Crippen LogP contribution in [0.4, 0.5) is 4.39 Å². The fraction of sp³-hybridized carbons (Fsp3) is 0.250. The van der Waals surface area contributed by atoms with Gasteiger partial charge in [0.1, 0.15) is 5.82 Å². The van der Waals surface area contributed by atoms with Crippen molar-refractivity contribution in [2.75, 3.05) is 0 Å². The Kier molecular flexibility index (Phi) is 4.45. The molecule has 2 heterocycles. The summed E-state index contributed by atoms with van der Waals surface area (Å²) in [5, 5.41) is 8.09. The maximum absolute atomic E-state index is 13.8. The number of carbonyl (C=O) groups excluding carboxylic acids is 1. The molecule has 0 unspecified atom stereocenters. The third-order valence-corrected chi connectivity index (χ3v) is 5.48. The fourth-order valence-electron chi connectivity index (χ4n) is 2.64. The first-order valence-corrected chi connectivity index (χ1v) is 8.58. The van der Waals surface area contributed by atoms with Crippen LogP contribution >= 0.6 is 34.5 Å². The molecule has 2 aromatic rings. The first-order valence-electron chi connectivity index (χ1n) is 6.94. The number of rotatable bonds is 2. The van der Waals surface area contributed by atoms with E-state index in [0.717, 1.165) is 10.4 Å². The number of hydrazone groups is 1. The Morgan fingerprint density at radius 3 is 2.74 bits per heavy atom. The van der Waals surface area contributed by atoms with E-state index in [9.17, 15) is 9.18 Å². The predicted octanol–water partition coefficient (Wildman–Crippen LogP) is 5.20. The molecule has 3 rings (SSSR count). The highest BCUT2D eigenvalue weighted by Gasteiger charge is 2.33. The summed E-state index contributed by atoms with van der Waals surface area (Å²) in [5.74, 6) is -0.720. The Morgan fingerprint density at radius 1 is 1.39 bits per heavy atom. The molecular weight excluding hydrogens is 358 g/mol. The van der Waals surface area contributed by atoms with Gasteiger partial charge >= 0.3 is 0 Å². The second-order valence-corrected chi connectivity index (χ2v) is 7.11. The van der Waals surface area contributed by atoms with Crippen LogP contribution in [0.1, 0.15) is 35.4 Å². The van der Waals surface area contributed by atoms with Gasteiger partial charge in [-0.3, -0.25) is 4.79 Å². The smallest absolute Gasteiger partial charge is 0.240 e. The number of carbonyl (C=O) groups is 1. The number of benzene rings is 1. The molecule has 23 heavy (non-hydrogen) atoms. The highest BCUT2D eigenvalue weighted by molar-refractivity contribution is 7.10. The molecule has 1 amide bonds. The molecule has 1 aliphatic rings. The van der Waals surface area contributed by atoms with Gasteiger partial charge in [0.25, 0.3) is 0 Å². The maximum atomic E-state index is 13.8. The van der Waals surface area contributed by atoms with Crippen molar-refractivity contribution in [1.82, 2.24) is 5.01 Å². The first kappa shape index (κ1) is 16.4. The van der Waals surface area contributed by atoms with Crippen molar-refractivity contribution in [1.29, 1.82) is 0 Å². The van der Waals surface area contributed by atoms with E-state index in [1.807, 2.05) is 18.4 Å². The zero-order valence-corrected chi connectivity index (χ0v) is 14.8. The molecule has 0 saturated carbocycles. The van der Waals surface area contributed by atoms with Crippen molar-refractivity contribution in [3.63, 3.8) is 0 Å². The number of hydrogen-bond acceptors (Lipinski definition) is 3. The second-order valence-electron chi connectivity index (χ2n) is 5.34. The summed E-state index contributed by atoms with van der Waals surface area (Å²) in [5.41, 5.74) is 2.16. The third-order valence-electron chi connectivity index (χ3n) is 3.76. The van der Waals surface area contributed by atoms with E-state index in [4.69, 9.17) is 23.2 Å². The van der Waals surface area contributed by atoms with Gasteiger partial charge in [-0.15, -0.1) is 11.3 Å². The largest absolute Gasteiger partial charge is 0.273 e. The fourth-order valence-corrected chi connectivity index (χ4v) is 4.14. The van der Waals surface area contributed by atoms with Crippen LogP contribution in [0.2, 0.25) is 10.0 Å². The summed E-state index contributed by atoms with van der Waals surface area (Å²) in [4.78, 5) is 13.0. The molecule has 0 bridgehead atoms. The molecular formula is C16H13Cl2FN2OS. The second kappa shape index (κ2) is 6.23. The molecule has 0 N–H and O–H groups in total. The molecule has 7 heteroatoms. The summed E-state index contributed by atoms with van der Waals surface area (Å²) in [6.07, 6.45) is 0.488. The van der Waals surface area contributed by atoms with Crippen molar-refractivity contribution in [3.05, 3.63) is 55.4 Å². The van der Waals surface area contributed by atoms with Crippen LogP contribution < -0.4 is 0 Å². The van der Waals surface area contributed by atoms with E-state index in [1.165, 1.54) is 24.1 Å². The van der Waals surface area contributed by atoms with Gasteiger partial charge in [0.2, 0.25) is 5.91 Å². The average molecular weight is 371 g/mol. The quantitative estimate of drug-likeness (QED) is 0.668. The lowest BCUT2D eigenvalue weighted by Crippen LogP contribution is -2.24. The van der Waals surface area contributed by atoms with E-state index in [1.54, 1.807) is 11.3 Å². The van der Waals surface area contributed by atoms with E-state index in [-0.39, 0.29) is 17.0 Å². The normalized spacial score (nSPS) is 17.5. The average Bonchev–Trinajstić information content (AvgIpc) is 3.08. The molecule has 1 aromatic carbocycles. The number of hydrogen-bond donors (Lipinski definition) is 0. The molecule has 0 saturated heterocycles. The topological polar surface area (TPSA) is 32.7 Å². The van der Waals surface area contributed by atoms with Crippen LogP contribution in [-0.4, -0.2) is 16.6 Å². The summed E-state index contributed by atoms with van der Waals surface area (Å²) >= 11 is 13.5. The summed E-state index contributed by atoms with van der Waals surface area (Å²) in [6.45, 7) is 3.46. The highest BCUT2D eigenvalue weighted by Crippen LogP contribution is 2.38. The van der Waals surface area contributed by atoms with Crippen LogP contribution in [0, 0.1) is 12.7 Å². The standard InChI is InChI=1S/C16H13Cl2FN2OS/c1-8-3-4-23-16(8)15-7-14(20-21(15)9(2)22)10-5-13(19)12(18)6-11(10)17/h3-6,15H,7H2,1-2H3/t15-/m0/s1. The molecule has 0 aliphatic carbocycles. The van der Waals surface area contributed by atoms with E-state index >= 15 is 0 Å². The van der Waals surface area contributed by atoms with Crippen molar-refractivity contribution in [2.45, 2.75) is 26.3 Å². The summed E-state index contributed by atoms with van der Waals surface area (Å²) < 4.78 is 13.8.